The zero-order valence-corrected chi connectivity index (χ0v) is 19.3. The third-order valence-electron chi connectivity index (χ3n) is 9.14. The molecule has 162 valence electrons. The molecule has 2 aliphatic carbocycles. The van der Waals surface area contributed by atoms with Crippen molar-refractivity contribution in [1.29, 1.82) is 0 Å². The number of ether oxygens (including phenoxy) is 1. The van der Waals surface area contributed by atoms with Crippen molar-refractivity contribution in [2.75, 3.05) is 13.6 Å². The Bertz CT molecular complexity index is 1370. The first-order valence-electron chi connectivity index (χ1n) is 11.5. The molecule has 5 heteroatoms. The lowest BCUT2D eigenvalue weighted by Crippen LogP contribution is -2.68. The zero-order chi connectivity index (χ0) is 22.0. The van der Waals surface area contributed by atoms with Gasteiger partial charge in [0.05, 0.1) is 16.6 Å². The van der Waals surface area contributed by atoms with E-state index in [-0.39, 0.29) is 16.9 Å². The fraction of sp³-hybridized carbons (Fsp3) is 0.407. The van der Waals surface area contributed by atoms with E-state index in [0.717, 1.165) is 53.7 Å². The Morgan fingerprint density at radius 1 is 1.25 bits per heavy atom. The molecule has 0 saturated carbocycles. The summed E-state index contributed by atoms with van der Waals surface area (Å²) in [5.41, 5.74) is 7.14. The summed E-state index contributed by atoms with van der Waals surface area (Å²) in [5, 5.41) is 0.439. The number of likely N-dealkylation sites (tertiary alicyclic amines) is 1. The van der Waals surface area contributed by atoms with Crippen LogP contribution in [0.2, 0.25) is 0 Å². The van der Waals surface area contributed by atoms with Crippen LogP contribution in [0.3, 0.4) is 0 Å². The molecule has 3 heterocycles. The highest BCUT2D eigenvalue weighted by Gasteiger charge is 2.70. The number of carbonyl (C=O) groups is 1. The zero-order valence-electron chi connectivity index (χ0n) is 18.5. The van der Waals surface area contributed by atoms with Gasteiger partial charge in [-0.3, -0.25) is 4.79 Å². The maximum absolute atomic E-state index is 12.8. The third kappa shape index (κ3) is 1.96. The van der Waals surface area contributed by atoms with E-state index in [9.17, 15) is 4.79 Å². The Balaban J connectivity index is 1.62. The second-order valence-electron chi connectivity index (χ2n) is 10.4. The molecule has 4 atom stereocenters. The smallest absolute Gasteiger partial charge is 0.253 e. The van der Waals surface area contributed by atoms with Crippen molar-refractivity contribution in [3.8, 4) is 5.75 Å². The topological polar surface area (TPSA) is 42.4 Å². The SMILES string of the molecule is Cc1ccc2c3c1OC1c4nc5ccccc5c(C(=O)Cl)c4C[C@@]4(C)[C@@H](C2)N(C)CC[C@]314. The van der Waals surface area contributed by atoms with Crippen molar-refractivity contribution in [2.45, 2.75) is 50.7 Å². The molecule has 1 spiro atoms. The van der Waals surface area contributed by atoms with Gasteiger partial charge in [0.2, 0.25) is 0 Å². The number of halogens is 1. The quantitative estimate of drug-likeness (QED) is 0.489. The second kappa shape index (κ2) is 5.92. The molecule has 1 saturated heterocycles. The number of nitrogens with zero attached hydrogens (tertiary/aromatic N) is 2. The lowest BCUT2D eigenvalue weighted by Gasteiger charge is -2.64. The predicted molar refractivity (Wildman–Crippen MR) is 125 cm³/mol. The van der Waals surface area contributed by atoms with Crippen LogP contribution in [-0.2, 0) is 18.3 Å². The van der Waals surface area contributed by atoms with Crippen molar-refractivity contribution in [3.05, 3.63) is 69.9 Å². The molecule has 4 nitrogen and oxygen atoms in total. The summed E-state index contributed by atoms with van der Waals surface area (Å²) >= 11 is 6.25. The van der Waals surface area contributed by atoms with E-state index < -0.39 is 5.24 Å². The van der Waals surface area contributed by atoms with E-state index in [4.69, 9.17) is 21.3 Å². The van der Waals surface area contributed by atoms with Crippen LogP contribution in [0, 0.1) is 12.3 Å². The second-order valence-corrected chi connectivity index (χ2v) is 10.7. The van der Waals surface area contributed by atoms with Gasteiger partial charge in [0.25, 0.3) is 5.24 Å². The van der Waals surface area contributed by atoms with Crippen molar-refractivity contribution >= 4 is 27.7 Å². The molecule has 1 unspecified atom stereocenters. The summed E-state index contributed by atoms with van der Waals surface area (Å²) in [6.45, 7) is 5.60. The number of likely N-dealkylation sites (N-methyl/N-ethyl adjacent to an activating group) is 1. The van der Waals surface area contributed by atoms with E-state index in [1.54, 1.807) is 0 Å². The predicted octanol–water partition coefficient (Wildman–Crippen LogP) is 5.12. The number of aromatic nitrogens is 1. The number of hydrogen-bond acceptors (Lipinski definition) is 4. The molecule has 3 aromatic rings. The van der Waals surface area contributed by atoms with Crippen molar-refractivity contribution in [3.63, 3.8) is 0 Å². The first-order valence-corrected chi connectivity index (χ1v) is 11.9. The number of carbonyl (C=O) groups excluding carboxylic acids is 1. The number of piperidine rings is 1. The Labute approximate surface area is 192 Å². The normalized spacial score (nSPS) is 31.8. The number of aryl methyl sites for hydroxylation is 1. The minimum Gasteiger partial charge on any atom is -0.483 e. The molecule has 0 radical (unpaired) electrons. The number of hydrogen-bond donors (Lipinski definition) is 0. The summed E-state index contributed by atoms with van der Waals surface area (Å²) < 4.78 is 6.88. The number of rotatable bonds is 1. The van der Waals surface area contributed by atoms with Gasteiger partial charge in [0.1, 0.15) is 5.75 Å². The van der Waals surface area contributed by atoms with Crippen LogP contribution in [-0.4, -0.2) is 34.8 Å². The van der Waals surface area contributed by atoms with Gasteiger partial charge in [-0.05, 0) is 74.1 Å². The van der Waals surface area contributed by atoms with Crippen LogP contribution in [0.4, 0.5) is 0 Å². The molecular formula is C27H25ClN2O2. The Morgan fingerprint density at radius 3 is 2.88 bits per heavy atom. The minimum absolute atomic E-state index is 0.0745. The molecule has 2 aliphatic heterocycles. The molecule has 7 rings (SSSR count). The molecule has 1 aromatic heterocycles. The number of para-hydroxylation sites is 1. The fourth-order valence-electron chi connectivity index (χ4n) is 7.72. The molecule has 1 fully saturated rings. The highest BCUT2D eigenvalue weighted by atomic mass is 35.5. The van der Waals surface area contributed by atoms with E-state index in [2.05, 4.69) is 37.9 Å². The van der Waals surface area contributed by atoms with E-state index in [1.165, 1.54) is 16.7 Å². The van der Waals surface area contributed by atoms with E-state index in [1.807, 2.05) is 24.3 Å². The van der Waals surface area contributed by atoms with Crippen LogP contribution in [0.5, 0.6) is 5.75 Å². The standard InChI is InChI=1S/C27H25ClN2O2/c1-14-8-9-15-12-19-26(2)13-17-20(25(28)31)16-6-4-5-7-18(16)29-22(17)24-27(26,10-11-30(19)3)21(15)23(14)32-24/h4-9,19,24H,10-13H2,1-3H3/t19-,24?,26+,27+/m1/s1. The summed E-state index contributed by atoms with van der Waals surface area (Å²) in [7, 11) is 2.25. The maximum atomic E-state index is 12.8. The van der Waals surface area contributed by atoms with Gasteiger partial charge in [-0.1, -0.05) is 37.3 Å². The molecule has 2 bridgehead atoms. The van der Waals surface area contributed by atoms with Crippen LogP contribution < -0.4 is 4.74 Å². The van der Waals surface area contributed by atoms with Crippen molar-refractivity contribution < 1.29 is 9.53 Å². The summed E-state index contributed by atoms with van der Waals surface area (Å²) in [6, 6.07) is 12.7. The number of pyridine rings is 1. The van der Waals surface area contributed by atoms with Gasteiger partial charge in [0.15, 0.2) is 6.10 Å². The lowest BCUT2D eigenvalue weighted by molar-refractivity contribution is -0.0910. The Hall–Kier alpha value is -2.43. The molecule has 32 heavy (non-hydrogen) atoms. The highest BCUT2D eigenvalue weighted by molar-refractivity contribution is 6.68. The van der Waals surface area contributed by atoms with E-state index in [0.29, 0.717) is 11.6 Å². The van der Waals surface area contributed by atoms with Gasteiger partial charge in [-0.15, -0.1) is 0 Å². The number of benzene rings is 2. The largest absolute Gasteiger partial charge is 0.483 e. The van der Waals surface area contributed by atoms with Gasteiger partial charge >= 0.3 is 0 Å². The van der Waals surface area contributed by atoms with Crippen LogP contribution in [0.25, 0.3) is 10.9 Å². The molecule has 2 aromatic carbocycles. The molecule has 0 N–H and O–H groups in total. The third-order valence-corrected chi connectivity index (χ3v) is 9.33. The monoisotopic (exact) mass is 444 g/mol. The minimum atomic E-state index is -0.402. The van der Waals surface area contributed by atoms with Crippen LogP contribution in [0.1, 0.15) is 57.8 Å². The average Bonchev–Trinajstić information content (AvgIpc) is 3.12. The maximum Gasteiger partial charge on any atom is 0.253 e. The average molecular weight is 445 g/mol. The fourth-order valence-corrected chi connectivity index (χ4v) is 7.94. The molecule has 0 amide bonds. The highest BCUT2D eigenvalue weighted by Crippen LogP contribution is 2.71. The van der Waals surface area contributed by atoms with Crippen LogP contribution >= 0.6 is 11.6 Å². The summed E-state index contributed by atoms with van der Waals surface area (Å²) in [5.74, 6) is 1.04. The van der Waals surface area contributed by atoms with Gasteiger partial charge in [-0.2, -0.15) is 0 Å². The first kappa shape index (κ1) is 19.1. The van der Waals surface area contributed by atoms with Gasteiger partial charge in [-0.25, -0.2) is 4.98 Å². The lowest BCUT2D eigenvalue weighted by atomic mass is 9.44. The Morgan fingerprint density at radius 2 is 2.06 bits per heavy atom. The van der Waals surface area contributed by atoms with E-state index >= 15 is 0 Å². The first-order chi connectivity index (χ1) is 15.4. The molecule has 4 aliphatic rings. The number of fused-ring (bicyclic) bond motifs is 3. The summed E-state index contributed by atoms with van der Waals surface area (Å²) in [6.07, 6.45) is 2.63. The van der Waals surface area contributed by atoms with Crippen molar-refractivity contribution in [1.82, 2.24) is 9.88 Å². The summed E-state index contributed by atoms with van der Waals surface area (Å²) in [4.78, 5) is 20.5. The van der Waals surface area contributed by atoms with Crippen molar-refractivity contribution in [2.24, 2.45) is 5.41 Å². The molecular weight excluding hydrogens is 420 g/mol. The Kier molecular flexibility index (Phi) is 3.53. The van der Waals surface area contributed by atoms with Gasteiger partial charge in [0, 0.05) is 28.0 Å². The van der Waals surface area contributed by atoms with Gasteiger partial charge < -0.3 is 9.64 Å². The van der Waals surface area contributed by atoms with Crippen LogP contribution in [0.15, 0.2) is 36.4 Å².